The van der Waals surface area contributed by atoms with E-state index in [2.05, 4.69) is 48.5 Å². The van der Waals surface area contributed by atoms with Crippen LogP contribution in [0.2, 0.25) is 0 Å². The summed E-state index contributed by atoms with van der Waals surface area (Å²) in [6.45, 7) is 4.65. The molecule has 1 heterocycles. The standard InChI is InChI=1S/C17H26N2/c1-13-3-5-14(6-4-13)17(15-7-8-15)18-16-9-11-19(2)12-10-16/h3-6,15-18H,7-12H2,1-2H3. The van der Waals surface area contributed by atoms with Crippen molar-refractivity contribution in [1.82, 2.24) is 10.2 Å². The predicted octanol–water partition coefficient (Wildman–Crippen LogP) is 3.13. The number of nitrogens with zero attached hydrogens (tertiary/aromatic N) is 1. The highest BCUT2D eigenvalue weighted by Crippen LogP contribution is 2.41. The summed E-state index contributed by atoms with van der Waals surface area (Å²) in [7, 11) is 2.23. The first-order valence-electron chi connectivity index (χ1n) is 7.73. The van der Waals surface area contributed by atoms with E-state index in [4.69, 9.17) is 0 Å². The van der Waals surface area contributed by atoms with Gasteiger partial charge in [0.2, 0.25) is 0 Å². The summed E-state index contributed by atoms with van der Waals surface area (Å²) < 4.78 is 0. The van der Waals surface area contributed by atoms with Gasteiger partial charge in [0.15, 0.2) is 0 Å². The van der Waals surface area contributed by atoms with Gasteiger partial charge in [-0.2, -0.15) is 0 Å². The Balaban J connectivity index is 1.66. The Morgan fingerprint density at radius 1 is 1.05 bits per heavy atom. The van der Waals surface area contributed by atoms with Gasteiger partial charge in [0.05, 0.1) is 0 Å². The minimum Gasteiger partial charge on any atom is -0.307 e. The van der Waals surface area contributed by atoms with Crippen LogP contribution in [0, 0.1) is 12.8 Å². The van der Waals surface area contributed by atoms with Gasteiger partial charge in [0, 0.05) is 12.1 Å². The number of aryl methyl sites for hydroxylation is 1. The van der Waals surface area contributed by atoms with Gasteiger partial charge in [-0.3, -0.25) is 0 Å². The van der Waals surface area contributed by atoms with E-state index in [9.17, 15) is 0 Å². The SMILES string of the molecule is Cc1ccc(C(NC2CCN(C)CC2)C2CC2)cc1. The zero-order chi connectivity index (χ0) is 13.2. The highest BCUT2D eigenvalue weighted by atomic mass is 15.1. The molecular formula is C17H26N2. The summed E-state index contributed by atoms with van der Waals surface area (Å²) in [6.07, 6.45) is 5.40. The van der Waals surface area contributed by atoms with Gasteiger partial charge in [0.1, 0.15) is 0 Å². The molecule has 1 aliphatic heterocycles. The molecule has 0 aromatic heterocycles. The largest absolute Gasteiger partial charge is 0.307 e. The van der Waals surface area contributed by atoms with Crippen LogP contribution in [0.4, 0.5) is 0 Å². The van der Waals surface area contributed by atoms with E-state index >= 15 is 0 Å². The van der Waals surface area contributed by atoms with Gasteiger partial charge in [-0.1, -0.05) is 29.8 Å². The predicted molar refractivity (Wildman–Crippen MR) is 80.3 cm³/mol. The number of hydrogen-bond acceptors (Lipinski definition) is 2. The van der Waals surface area contributed by atoms with E-state index in [0.29, 0.717) is 12.1 Å². The van der Waals surface area contributed by atoms with Gasteiger partial charge in [-0.05, 0) is 64.2 Å². The zero-order valence-electron chi connectivity index (χ0n) is 12.2. The first kappa shape index (κ1) is 13.1. The molecule has 0 amide bonds. The molecule has 0 spiro atoms. The Morgan fingerprint density at radius 3 is 2.26 bits per heavy atom. The Labute approximate surface area is 117 Å². The van der Waals surface area contributed by atoms with Crippen LogP contribution in [0.15, 0.2) is 24.3 Å². The fourth-order valence-corrected chi connectivity index (χ4v) is 3.14. The number of hydrogen-bond donors (Lipinski definition) is 1. The van der Waals surface area contributed by atoms with Crippen molar-refractivity contribution >= 4 is 0 Å². The van der Waals surface area contributed by atoms with Crippen molar-refractivity contribution in [2.45, 2.75) is 44.7 Å². The maximum atomic E-state index is 3.95. The second-order valence-corrected chi connectivity index (χ2v) is 6.47. The van der Waals surface area contributed by atoms with Crippen LogP contribution < -0.4 is 5.32 Å². The van der Waals surface area contributed by atoms with Crippen molar-refractivity contribution in [2.75, 3.05) is 20.1 Å². The third-order valence-electron chi connectivity index (χ3n) is 4.66. The van der Waals surface area contributed by atoms with Crippen LogP contribution in [0.25, 0.3) is 0 Å². The van der Waals surface area contributed by atoms with E-state index in [0.717, 1.165) is 5.92 Å². The second kappa shape index (κ2) is 5.64. The van der Waals surface area contributed by atoms with Gasteiger partial charge in [-0.15, -0.1) is 0 Å². The summed E-state index contributed by atoms with van der Waals surface area (Å²) >= 11 is 0. The molecule has 2 fully saturated rings. The first-order chi connectivity index (χ1) is 9.22. The lowest BCUT2D eigenvalue weighted by molar-refractivity contribution is 0.220. The van der Waals surface area contributed by atoms with Crippen molar-refractivity contribution < 1.29 is 0 Å². The van der Waals surface area contributed by atoms with E-state index in [1.54, 1.807) is 0 Å². The Hall–Kier alpha value is -0.860. The van der Waals surface area contributed by atoms with E-state index in [1.807, 2.05) is 0 Å². The molecule has 1 N–H and O–H groups in total. The number of rotatable bonds is 4. The highest BCUT2D eigenvalue weighted by molar-refractivity contribution is 5.25. The highest BCUT2D eigenvalue weighted by Gasteiger charge is 2.33. The van der Waals surface area contributed by atoms with Crippen molar-refractivity contribution in [2.24, 2.45) is 5.92 Å². The smallest absolute Gasteiger partial charge is 0.0351 e. The number of piperidine rings is 1. The molecule has 1 saturated heterocycles. The normalized spacial score (nSPS) is 23.5. The van der Waals surface area contributed by atoms with E-state index < -0.39 is 0 Å². The molecule has 3 rings (SSSR count). The average molecular weight is 258 g/mol. The molecular weight excluding hydrogens is 232 g/mol. The fraction of sp³-hybridized carbons (Fsp3) is 0.647. The van der Waals surface area contributed by atoms with Crippen LogP contribution in [-0.2, 0) is 0 Å². The summed E-state index contributed by atoms with van der Waals surface area (Å²) in [4.78, 5) is 2.44. The van der Waals surface area contributed by atoms with Gasteiger partial charge >= 0.3 is 0 Å². The molecule has 1 unspecified atom stereocenters. The molecule has 1 aliphatic carbocycles. The molecule has 2 nitrogen and oxygen atoms in total. The lowest BCUT2D eigenvalue weighted by atomic mass is 9.97. The Morgan fingerprint density at radius 2 is 1.68 bits per heavy atom. The molecule has 1 aromatic rings. The van der Waals surface area contributed by atoms with Crippen LogP contribution in [0.5, 0.6) is 0 Å². The van der Waals surface area contributed by atoms with Gasteiger partial charge in [-0.25, -0.2) is 0 Å². The van der Waals surface area contributed by atoms with Crippen LogP contribution in [0.1, 0.15) is 42.9 Å². The second-order valence-electron chi connectivity index (χ2n) is 6.47. The maximum Gasteiger partial charge on any atom is 0.0351 e. The molecule has 0 bridgehead atoms. The first-order valence-corrected chi connectivity index (χ1v) is 7.73. The number of benzene rings is 1. The minimum atomic E-state index is 0.592. The molecule has 1 saturated carbocycles. The molecule has 1 aromatic carbocycles. The lowest BCUT2D eigenvalue weighted by Crippen LogP contribution is -2.42. The van der Waals surface area contributed by atoms with E-state index in [1.165, 1.54) is 49.9 Å². The van der Waals surface area contributed by atoms with E-state index in [-0.39, 0.29) is 0 Å². The maximum absolute atomic E-state index is 3.95. The summed E-state index contributed by atoms with van der Waals surface area (Å²) in [6, 6.07) is 10.4. The van der Waals surface area contributed by atoms with Gasteiger partial charge < -0.3 is 10.2 Å². The summed E-state index contributed by atoms with van der Waals surface area (Å²) in [5.74, 6) is 0.877. The summed E-state index contributed by atoms with van der Waals surface area (Å²) in [5, 5.41) is 3.95. The van der Waals surface area contributed by atoms with Crippen LogP contribution in [0.3, 0.4) is 0 Å². The fourth-order valence-electron chi connectivity index (χ4n) is 3.14. The zero-order valence-corrected chi connectivity index (χ0v) is 12.2. The van der Waals surface area contributed by atoms with Crippen LogP contribution >= 0.6 is 0 Å². The quantitative estimate of drug-likeness (QED) is 0.892. The lowest BCUT2D eigenvalue weighted by Gasteiger charge is -2.33. The molecule has 0 radical (unpaired) electrons. The van der Waals surface area contributed by atoms with Crippen molar-refractivity contribution in [3.05, 3.63) is 35.4 Å². The molecule has 104 valence electrons. The van der Waals surface area contributed by atoms with Crippen molar-refractivity contribution in [3.63, 3.8) is 0 Å². The Kier molecular flexibility index (Phi) is 3.90. The molecule has 1 atom stereocenters. The third kappa shape index (κ3) is 3.37. The molecule has 2 aliphatic rings. The molecule has 2 heteroatoms. The topological polar surface area (TPSA) is 15.3 Å². The number of nitrogens with one attached hydrogen (secondary N) is 1. The molecule has 19 heavy (non-hydrogen) atoms. The van der Waals surface area contributed by atoms with Gasteiger partial charge in [0.25, 0.3) is 0 Å². The summed E-state index contributed by atoms with van der Waals surface area (Å²) in [5.41, 5.74) is 2.85. The van der Waals surface area contributed by atoms with Crippen LogP contribution in [-0.4, -0.2) is 31.1 Å². The average Bonchev–Trinajstić information content (AvgIpc) is 3.24. The third-order valence-corrected chi connectivity index (χ3v) is 4.66. The minimum absolute atomic E-state index is 0.592. The van der Waals surface area contributed by atoms with Crippen molar-refractivity contribution in [1.29, 1.82) is 0 Å². The van der Waals surface area contributed by atoms with Crippen molar-refractivity contribution in [3.8, 4) is 0 Å². The monoisotopic (exact) mass is 258 g/mol. The Bertz CT molecular complexity index is 400. The number of likely N-dealkylation sites (tertiary alicyclic amines) is 1.